The standard InChI is InChI=1S/Er.2H4O4Si/c;2*1-5(2,3)4/h;2*1-4H. The smallest absolute Gasteiger partial charge is 0.368 e. The predicted octanol–water partition coefficient (Wildman–Crippen LogP) is -5.22. The Hall–Kier alpha value is 1.36. The van der Waals surface area contributed by atoms with Crippen molar-refractivity contribution in [2.24, 2.45) is 0 Å². The molecule has 0 aliphatic heterocycles. The summed E-state index contributed by atoms with van der Waals surface area (Å²) in [7, 11) is -9.22. The molecule has 0 radical (unpaired) electrons. The second kappa shape index (κ2) is 6.83. The molecule has 0 heterocycles. The van der Waals surface area contributed by atoms with Crippen LogP contribution in [0, 0.1) is 37.3 Å². The van der Waals surface area contributed by atoms with Gasteiger partial charge in [-0.2, -0.15) is 0 Å². The van der Waals surface area contributed by atoms with Crippen molar-refractivity contribution in [3.63, 3.8) is 0 Å². The molecule has 0 unspecified atom stereocenters. The maximum absolute atomic E-state index is 7.33. The molecular weight excluding hydrogens is 351 g/mol. The minimum atomic E-state index is -4.61. The van der Waals surface area contributed by atoms with E-state index in [1.807, 2.05) is 0 Å². The van der Waals surface area contributed by atoms with Gasteiger partial charge in [-0.25, -0.2) is 0 Å². The summed E-state index contributed by atoms with van der Waals surface area (Å²) in [6.45, 7) is 0. The summed E-state index contributed by atoms with van der Waals surface area (Å²) in [5.74, 6) is 0. The van der Waals surface area contributed by atoms with Crippen LogP contribution < -0.4 is 0 Å². The molecule has 0 aromatic rings. The first kappa shape index (κ1) is 18.2. The Bertz CT molecular complexity index is 55.1. The van der Waals surface area contributed by atoms with Crippen LogP contribution in [0.1, 0.15) is 0 Å². The Labute approximate surface area is 93.2 Å². The van der Waals surface area contributed by atoms with Crippen molar-refractivity contribution in [2.45, 2.75) is 0 Å². The van der Waals surface area contributed by atoms with Gasteiger partial charge < -0.3 is 38.4 Å². The average Bonchev–Trinajstić information content (AvgIpc) is 1.12. The number of hydrogen-bond donors (Lipinski definition) is 8. The normalized spacial score (nSPS) is 10.9. The first-order valence-electron chi connectivity index (χ1n) is 1.79. The number of rotatable bonds is 0. The van der Waals surface area contributed by atoms with E-state index in [1.165, 1.54) is 0 Å². The van der Waals surface area contributed by atoms with Crippen molar-refractivity contribution in [3.8, 4) is 0 Å². The minimum Gasteiger partial charge on any atom is -0.368 e. The third-order valence-corrected chi connectivity index (χ3v) is 0. The van der Waals surface area contributed by atoms with Crippen molar-refractivity contribution in [3.05, 3.63) is 0 Å². The van der Waals surface area contributed by atoms with E-state index in [0.717, 1.165) is 0 Å². The zero-order valence-corrected chi connectivity index (χ0v) is 8.72. The molecule has 0 saturated heterocycles. The van der Waals surface area contributed by atoms with Crippen LogP contribution in [-0.4, -0.2) is 56.5 Å². The molecule has 0 spiro atoms. The van der Waals surface area contributed by atoms with Gasteiger partial charge in [-0.15, -0.1) is 0 Å². The van der Waals surface area contributed by atoms with Gasteiger partial charge in [-0.05, 0) is 0 Å². The first-order valence-corrected chi connectivity index (χ1v) is 5.37. The Kier molecular flexibility index (Phi) is 11.3. The van der Waals surface area contributed by atoms with E-state index in [1.54, 1.807) is 0 Å². The van der Waals surface area contributed by atoms with E-state index in [0.29, 0.717) is 0 Å². The summed E-state index contributed by atoms with van der Waals surface area (Å²) in [5.41, 5.74) is 0. The zero-order valence-electron chi connectivity index (χ0n) is 4.87. The molecule has 76 valence electrons. The van der Waals surface area contributed by atoms with Crippen molar-refractivity contribution in [2.75, 3.05) is 0 Å². The summed E-state index contributed by atoms with van der Waals surface area (Å²) >= 11 is 0. The third-order valence-electron chi connectivity index (χ3n) is 0. The Morgan fingerprint density at radius 1 is 0.455 bits per heavy atom. The molecule has 0 amide bonds. The largest absolute Gasteiger partial charge is 0.668 e. The third kappa shape index (κ3) is 538. The van der Waals surface area contributed by atoms with E-state index in [4.69, 9.17) is 38.4 Å². The molecule has 0 aliphatic rings. The Morgan fingerprint density at radius 2 is 0.455 bits per heavy atom. The SMILES string of the molecule is O[Si](O)(O)O.O[Si](O)(O)O.[Er]. The molecule has 0 atom stereocenters. The quantitative estimate of drug-likeness (QED) is 0.199. The zero-order chi connectivity index (χ0) is 9.00. The van der Waals surface area contributed by atoms with E-state index in [2.05, 4.69) is 0 Å². The van der Waals surface area contributed by atoms with E-state index < -0.39 is 18.1 Å². The summed E-state index contributed by atoms with van der Waals surface area (Å²) in [6.07, 6.45) is 0. The van der Waals surface area contributed by atoms with Gasteiger partial charge in [0.15, 0.2) is 0 Å². The Balaban J connectivity index is -0.000000107. The van der Waals surface area contributed by atoms with Crippen LogP contribution in [0.25, 0.3) is 0 Å². The second-order valence-electron chi connectivity index (χ2n) is 1.20. The molecular formula is H8ErO8Si2. The van der Waals surface area contributed by atoms with Crippen LogP contribution in [0.15, 0.2) is 0 Å². The van der Waals surface area contributed by atoms with Gasteiger partial charge in [0.05, 0.1) is 0 Å². The maximum atomic E-state index is 7.33. The van der Waals surface area contributed by atoms with Crippen LogP contribution >= 0.6 is 0 Å². The second-order valence-corrected chi connectivity index (χ2v) is 3.60. The summed E-state index contributed by atoms with van der Waals surface area (Å²) in [5, 5.41) is 0. The van der Waals surface area contributed by atoms with Crippen molar-refractivity contribution < 1.29 is 75.7 Å². The topological polar surface area (TPSA) is 162 Å². The molecule has 11 heavy (non-hydrogen) atoms. The van der Waals surface area contributed by atoms with Gasteiger partial charge in [-0.3, -0.25) is 0 Å². The van der Waals surface area contributed by atoms with Gasteiger partial charge >= 0.3 is 18.1 Å². The van der Waals surface area contributed by atoms with Crippen molar-refractivity contribution in [1.29, 1.82) is 0 Å². The monoisotopic (exact) mass is 358 g/mol. The summed E-state index contributed by atoms with van der Waals surface area (Å²) in [6, 6.07) is 0. The molecule has 11 heteroatoms. The van der Waals surface area contributed by atoms with Gasteiger partial charge in [0.1, 0.15) is 0 Å². The van der Waals surface area contributed by atoms with Gasteiger partial charge in [-0.1, -0.05) is 0 Å². The molecule has 0 rings (SSSR count). The predicted molar refractivity (Wildman–Crippen MR) is 29.3 cm³/mol. The van der Waals surface area contributed by atoms with Crippen LogP contribution in [0.2, 0.25) is 0 Å². The van der Waals surface area contributed by atoms with Crippen LogP contribution in [0.3, 0.4) is 0 Å². The molecule has 8 nitrogen and oxygen atoms in total. The fraction of sp³-hybridized carbons (Fsp3) is 0. The van der Waals surface area contributed by atoms with Crippen LogP contribution in [0.4, 0.5) is 0 Å². The number of hydrogen-bond acceptors (Lipinski definition) is 8. The molecule has 8 N–H and O–H groups in total. The summed E-state index contributed by atoms with van der Waals surface area (Å²) < 4.78 is 0. The fourth-order valence-corrected chi connectivity index (χ4v) is 0. The summed E-state index contributed by atoms with van der Waals surface area (Å²) in [4.78, 5) is 58.6. The van der Waals surface area contributed by atoms with Gasteiger partial charge in [0.25, 0.3) is 0 Å². The van der Waals surface area contributed by atoms with Crippen LogP contribution in [-0.2, 0) is 0 Å². The van der Waals surface area contributed by atoms with Crippen LogP contribution in [0.5, 0.6) is 0 Å². The van der Waals surface area contributed by atoms with Gasteiger partial charge in [0.2, 0.25) is 0 Å². The van der Waals surface area contributed by atoms with Crippen molar-refractivity contribution >= 4 is 18.1 Å². The molecule has 0 fully saturated rings. The fourth-order valence-electron chi connectivity index (χ4n) is 0. The minimum absolute atomic E-state index is 0. The molecule has 0 aromatic heterocycles. The molecule has 0 saturated carbocycles. The average molecular weight is 359 g/mol. The molecule has 0 aromatic carbocycles. The van der Waals surface area contributed by atoms with E-state index in [-0.39, 0.29) is 37.3 Å². The molecule has 0 aliphatic carbocycles. The Morgan fingerprint density at radius 3 is 0.455 bits per heavy atom. The van der Waals surface area contributed by atoms with Crippen molar-refractivity contribution in [1.82, 2.24) is 0 Å². The van der Waals surface area contributed by atoms with E-state index >= 15 is 0 Å². The molecule has 0 bridgehead atoms. The van der Waals surface area contributed by atoms with Gasteiger partial charge in [0, 0.05) is 37.3 Å². The van der Waals surface area contributed by atoms with E-state index in [9.17, 15) is 0 Å². The maximum Gasteiger partial charge on any atom is 0.668 e. The first-order chi connectivity index (χ1) is 4.00.